The molecule has 0 bridgehead atoms. The van der Waals surface area contributed by atoms with Gasteiger partial charge >= 0.3 is 0 Å². The Labute approximate surface area is 96.1 Å². The topological polar surface area (TPSA) is 50.2 Å². The van der Waals surface area contributed by atoms with E-state index in [1.807, 2.05) is 19.0 Å². The summed E-state index contributed by atoms with van der Waals surface area (Å²) < 4.78 is 1.50. The van der Waals surface area contributed by atoms with Crippen molar-refractivity contribution in [2.24, 2.45) is 0 Å². The van der Waals surface area contributed by atoms with Gasteiger partial charge in [0.2, 0.25) is 0 Å². The molecule has 5 heteroatoms. The number of aromatic nitrogens is 2. The van der Waals surface area contributed by atoms with Gasteiger partial charge in [-0.05, 0) is 19.5 Å². The van der Waals surface area contributed by atoms with E-state index in [-0.39, 0.29) is 5.56 Å². The standard InChI is InChI=1S/C11H20N4O/c1-4-12-6-5-7-15-11(16)8-10(9-13-15)14(2)3/h8-9,12H,4-7H2,1-3H3. The Kier molecular flexibility index (Phi) is 4.98. The van der Waals surface area contributed by atoms with Crippen LogP contribution >= 0.6 is 0 Å². The van der Waals surface area contributed by atoms with Gasteiger partial charge in [0, 0.05) is 26.7 Å². The van der Waals surface area contributed by atoms with E-state index >= 15 is 0 Å². The highest BCUT2D eigenvalue weighted by Crippen LogP contribution is 2.03. The molecule has 0 aliphatic heterocycles. The highest BCUT2D eigenvalue weighted by Gasteiger charge is 2.00. The second-order valence-electron chi connectivity index (χ2n) is 3.88. The number of nitrogens with one attached hydrogen (secondary N) is 1. The SMILES string of the molecule is CCNCCCn1ncc(N(C)C)cc1=O. The van der Waals surface area contributed by atoms with E-state index in [0.717, 1.165) is 25.2 Å². The third-order valence-electron chi connectivity index (χ3n) is 2.35. The van der Waals surface area contributed by atoms with Crippen LogP contribution < -0.4 is 15.8 Å². The van der Waals surface area contributed by atoms with Gasteiger partial charge in [0.15, 0.2) is 0 Å². The lowest BCUT2D eigenvalue weighted by Gasteiger charge is -2.12. The predicted octanol–water partition coefficient (Wildman–Crippen LogP) is 0.309. The van der Waals surface area contributed by atoms with Gasteiger partial charge in [0.1, 0.15) is 0 Å². The summed E-state index contributed by atoms with van der Waals surface area (Å²) in [5, 5.41) is 7.35. The van der Waals surface area contributed by atoms with Crippen molar-refractivity contribution in [3.8, 4) is 0 Å². The molecule has 0 unspecified atom stereocenters. The van der Waals surface area contributed by atoms with E-state index in [1.165, 1.54) is 4.68 Å². The van der Waals surface area contributed by atoms with Crippen molar-refractivity contribution in [3.63, 3.8) is 0 Å². The van der Waals surface area contributed by atoms with E-state index in [1.54, 1.807) is 12.3 Å². The van der Waals surface area contributed by atoms with Crippen LogP contribution in [0.5, 0.6) is 0 Å². The average molecular weight is 224 g/mol. The molecule has 90 valence electrons. The molecule has 0 spiro atoms. The Hall–Kier alpha value is -1.36. The summed E-state index contributed by atoms with van der Waals surface area (Å²) in [7, 11) is 3.79. The highest BCUT2D eigenvalue weighted by atomic mass is 16.1. The average Bonchev–Trinajstić information content (AvgIpc) is 2.26. The van der Waals surface area contributed by atoms with E-state index in [2.05, 4.69) is 17.3 Å². The fourth-order valence-electron chi connectivity index (χ4n) is 1.37. The molecular weight excluding hydrogens is 204 g/mol. The van der Waals surface area contributed by atoms with Crippen molar-refractivity contribution >= 4 is 5.69 Å². The minimum absolute atomic E-state index is 0.0392. The van der Waals surface area contributed by atoms with Gasteiger partial charge in [-0.3, -0.25) is 4.79 Å². The largest absolute Gasteiger partial charge is 0.376 e. The normalized spacial score (nSPS) is 10.4. The van der Waals surface area contributed by atoms with Crippen LogP contribution in [0.1, 0.15) is 13.3 Å². The summed E-state index contributed by atoms with van der Waals surface area (Å²) >= 11 is 0. The van der Waals surface area contributed by atoms with E-state index in [4.69, 9.17) is 0 Å². The Bertz CT molecular complexity index is 372. The molecule has 0 fully saturated rings. The molecule has 0 aromatic carbocycles. The lowest BCUT2D eigenvalue weighted by atomic mass is 10.4. The van der Waals surface area contributed by atoms with Crippen molar-refractivity contribution in [2.75, 3.05) is 32.1 Å². The molecule has 0 radical (unpaired) electrons. The van der Waals surface area contributed by atoms with Crippen LogP contribution in [0.25, 0.3) is 0 Å². The van der Waals surface area contributed by atoms with Crippen molar-refractivity contribution < 1.29 is 0 Å². The van der Waals surface area contributed by atoms with Gasteiger partial charge in [-0.25, -0.2) is 4.68 Å². The maximum Gasteiger partial charge on any atom is 0.268 e. The van der Waals surface area contributed by atoms with Crippen molar-refractivity contribution in [1.29, 1.82) is 0 Å². The Morgan fingerprint density at radius 1 is 1.50 bits per heavy atom. The summed E-state index contributed by atoms with van der Waals surface area (Å²) in [6.07, 6.45) is 2.64. The first kappa shape index (κ1) is 12.7. The molecule has 0 aliphatic carbocycles. The first-order chi connectivity index (χ1) is 7.65. The molecule has 0 atom stereocenters. The van der Waals surface area contributed by atoms with Crippen molar-refractivity contribution in [1.82, 2.24) is 15.1 Å². The molecule has 5 nitrogen and oxygen atoms in total. The van der Waals surface area contributed by atoms with Crippen LogP contribution in [-0.2, 0) is 6.54 Å². The van der Waals surface area contributed by atoms with Crippen LogP contribution in [0.3, 0.4) is 0 Å². The lowest BCUT2D eigenvalue weighted by molar-refractivity contribution is 0.527. The summed E-state index contributed by atoms with van der Waals surface area (Å²) in [6, 6.07) is 1.61. The van der Waals surface area contributed by atoms with Crippen molar-refractivity contribution in [3.05, 3.63) is 22.6 Å². The maximum atomic E-state index is 11.7. The van der Waals surface area contributed by atoms with Crippen LogP contribution in [0.4, 0.5) is 5.69 Å². The molecule has 1 heterocycles. The van der Waals surface area contributed by atoms with Crippen molar-refractivity contribution in [2.45, 2.75) is 19.9 Å². The third kappa shape index (κ3) is 3.66. The smallest absolute Gasteiger partial charge is 0.268 e. The zero-order valence-corrected chi connectivity index (χ0v) is 10.2. The van der Waals surface area contributed by atoms with Crippen LogP contribution in [0.2, 0.25) is 0 Å². The second-order valence-corrected chi connectivity index (χ2v) is 3.88. The van der Waals surface area contributed by atoms with E-state index < -0.39 is 0 Å². The monoisotopic (exact) mass is 224 g/mol. The van der Waals surface area contributed by atoms with Crippen LogP contribution in [0, 0.1) is 0 Å². The highest BCUT2D eigenvalue weighted by molar-refractivity contribution is 5.40. The zero-order valence-electron chi connectivity index (χ0n) is 10.2. The lowest BCUT2D eigenvalue weighted by Crippen LogP contribution is -2.26. The number of nitrogens with zero attached hydrogens (tertiary/aromatic N) is 3. The van der Waals surface area contributed by atoms with Gasteiger partial charge in [0.05, 0.1) is 11.9 Å². The van der Waals surface area contributed by atoms with E-state index in [9.17, 15) is 4.79 Å². The summed E-state index contributed by atoms with van der Waals surface area (Å²) in [4.78, 5) is 13.5. The summed E-state index contributed by atoms with van der Waals surface area (Å²) in [5.41, 5.74) is 0.802. The van der Waals surface area contributed by atoms with Gasteiger partial charge in [-0.15, -0.1) is 0 Å². The maximum absolute atomic E-state index is 11.7. The Morgan fingerprint density at radius 3 is 2.81 bits per heavy atom. The first-order valence-electron chi connectivity index (χ1n) is 5.60. The van der Waals surface area contributed by atoms with E-state index in [0.29, 0.717) is 6.54 Å². The Balaban J connectivity index is 2.58. The molecule has 1 rings (SSSR count). The molecule has 0 amide bonds. The molecule has 0 saturated heterocycles. The minimum atomic E-state index is -0.0392. The molecular formula is C11H20N4O. The molecule has 1 aromatic rings. The van der Waals surface area contributed by atoms with Gasteiger partial charge in [-0.2, -0.15) is 5.10 Å². The summed E-state index contributed by atoms with van der Waals surface area (Å²) in [5.74, 6) is 0. The molecule has 1 N–H and O–H groups in total. The molecule has 0 saturated carbocycles. The summed E-state index contributed by atoms with van der Waals surface area (Å²) in [6.45, 7) is 4.61. The first-order valence-corrected chi connectivity index (χ1v) is 5.60. The second kappa shape index (κ2) is 6.27. The number of anilines is 1. The number of aryl methyl sites for hydroxylation is 1. The fourth-order valence-corrected chi connectivity index (χ4v) is 1.37. The molecule has 1 aromatic heterocycles. The van der Waals surface area contributed by atoms with Crippen LogP contribution in [0.15, 0.2) is 17.1 Å². The quantitative estimate of drug-likeness (QED) is 0.707. The fraction of sp³-hybridized carbons (Fsp3) is 0.636. The third-order valence-corrected chi connectivity index (χ3v) is 2.35. The van der Waals surface area contributed by atoms with Gasteiger partial charge < -0.3 is 10.2 Å². The number of hydrogen-bond acceptors (Lipinski definition) is 4. The Morgan fingerprint density at radius 2 is 2.25 bits per heavy atom. The van der Waals surface area contributed by atoms with Gasteiger partial charge in [0.25, 0.3) is 5.56 Å². The number of rotatable bonds is 6. The molecule has 16 heavy (non-hydrogen) atoms. The minimum Gasteiger partial charge on any atom is -0.376 e. The van der Waals surface area contributed by atoms with Gasteiger partial charge in [-0.1, -0.05) is 6.92 Å². The zero-order chi connectivity index (χ0) is 12.0. The van der Waals surface area contributed by atoms with Crippen LogP contribution in [-0.4, -0.2) is 37.0 Å². The molecule has 0 aliphatic rings. The number of hydrogen-bond donors (Lipinski definition) is 1. The predicted molar refractivity (Wildman–Crippen MR) is 66.0 cm³/mol.